The highest BCUT2D eigenvalue weighted by molar-refractivity contribution is 5.93. The van der Waals surface area contributed by atoms with E-state index in [4.69, 9.17) is 24.2 Å². The van der Waals surface area contributed by atoms with Gasteiger partial charge in [-0.3, -0.25) is 4.90 Å². The number of rotatable bonds is 9. The van der Waals surface area contributed by atoms with E-state index in [9.17, 15) is 4.79 Å². The number of piperazine rings is 1. The van der Waals surface area contributed by atoms with Crippen LogP contribution in [0.2, 0.25) is 0 Å². The lowest BCUT2D eigenvalue weighted by Crippen LogP contribution is -2.46. The first-order chi connectivity index (χ1) is 19.2. The monoisotopic (exact) mass is 533 g/mol. The molecule has 2 saturated heterocycles. The average Bonchev–Trinajstić information content (AvgIpc) is 3.30. The molecule has 9 heteroatoms. The molecular weight excluding hydrogens is 494 g/mol. The van der Waals surface area contributed by atoms with Gasteiger partial charge in [-0.1, -0.05) is 25.3 Å². The van der Waals surface area contributed by atoms with Gasteiger partial charge < -0.3 is 23.7 Å². The summed E-state index contributed by atoms with van der Waals surface area (Å²) in [4.78, 5) is 26.7. The van der Waals surface area contributed by atoms with E-state index in [0.717, 1.165) is 87.5 Å². The summed E-state index contributed by atoms with van der Waals surface area (Å²) < 4.78 is 19.0. The molecule has 208 valence electrons. The first kappa shape index (κ1) is 26.1. The van der Waals surface area contributed by atoms with Gasteiger partial charge in [-0.25, -0.2) is 9.78 Å². The molecule has 1 atom stereocenters. The maximum absolute atomic E-state index is 12.2. The standard InChI is InChI=1S/C30H39N5O4/c1-37-30(36)23-10-11-25-26(18-23)35(19-24-12-17-38-24)28(31-25)20-33-13-15-34(16-14-33)27-8-5-9-29(32-27)39-21-22-6-3-2-4-7-22/h5,8-11,18,22,24H,2-4,6-7,12-17,19-21H2,1H3/t24-/m0/s1. The van der Waals surface area contributed by atoms with Crippen molar-refractivity contribution in [3.8, 4) is 5.88 Å². The highest BCUT2D eigenvalue weighted by atomic mass is 16.5. The normalized spacial score (nSPS) is 20.6. The SMILES string of the molecule is COC(=O)c1ccc2nc(CN3CCN(c4cccc(OCC5CCCCC5)n4)CC3)n(C[C@@H]3CCO3)c2c1. The molecule has 4 heterocycles. The third-order valence-electron chi connectivity index (χ3n) is 8.39. The van der Waals surface area contributed by atoms with Gasteiger partial charge in [0.2, 0.25) is 5.88 Å². The number of hydrogen-bond acceptors (Lipinski definition) is 8. The van der Waals surface area contributed by atoms with Crippen molar-refractivity contribution in [2.75, 3.05) is 51.4 Å². The molecule has 0 radical (unpaired) electrons. The molecule has 3 aromatic rings. The van der Waals surface area contributed by atoms with Crippen molar-refractivity contribution in [1.82, 2.24) is 19.4 Å². The zero-order valence-corrected chi connectivity index (χ0v) is 22.9. The van der Waals surface area contributed by atoms with Crippen LogP contribution in [-0.2, 0) is 22.6 Å². The molecule has 0 N–H and O–H groups in total. The fourth-order valence-electron chi connectivity index (χ4n) is 5.93. The number of fused-ring (bicyclic) bond motifs is 1. The average molecular weight is 534 g/mol. The third-order valence-corrected chi connectivity index (χ3v) is 8.39. The highest BCUT2D eigenvalue weighted by Crippen LogP contribution is 2.26. The Bertz CT molecular complexity index is 1280. The van der Waals surface area contributed by atoms with Gasteiger partial charge >= 0.3 is 5.97 Å². The molecule has 3 aliphatic rings. The lowest BCUT2D eigenvalue weighted by Gasteiger charge is -2.35. The predicted octanol–water partition coefficient (Wildman–Crippen LogP) is 4.29. The highest BCUT2D eigenvalue weighted by Gasteiger charge is 2.25. The van der Waals surface area contributed by atoms with Crippen molar-refractivity contribution in [2.24, 2.45) is 5.92 Å². The summed E-state index contributed by atoms with van der Waals surface area (Å²) in [6, 6.07) is 11.7. The molecule has 6 rings (SSSR count). The van der Waals surface area contributed by atoms with Crippen LogP contribution in [0.3, 0.4) is 0 Å². The predicted molar refractivity (Wildman–Crippen MR) is 149 cm³/mol. The Balaban J connectivity index is 1.10. The molecule has 2 aliphatic heterocycles. The van der Waals surface area contributed by atoms with E-state index in [0.29, 0.717) is 11.5 Å². The third kappa shape index (κ3) is 6.04. The van der Waals surface area contributed by atoms with Crippen LogP contribution >= 0.6 is 0 Å². The number of carbonyl (C=O) groups excluding carboxylic acids is 1. The summed E-state index contributed by atoms with van der Waals surface area (Å²) >= 11 is 0. The second kappa shape index (κ2) is 11.9. The number of imidazole rings is 1. The van der Waals surface area contributed by atoms with Gasteiger partial charge in [0.25, 0.3) is 0 Å². The Morgan fingerprint density at radius 3 is 2.59 bits per heavy atom. The van der Waals surface area contributed by atoms with Crippen LogP contribution in [0.5, 0.6) is 5.88 Å². The fourth-order valence-corrected chi connectivity index (χ4v) is 5.93. The van der Waals surface area contributed by atoms with E-state index < -0.39 is 0 Å². The van der Waals surface area contributed by atoms with Crippen molar-refractivity contribution in [3.63, 3.8) is 0 Å². The van der Waals surface area contributed by atoms with E-state index >= 15 is 0 Å². The van der Waals surface area contributed by atoms with Crippen LogP contribution in [-0.4, -0.2) is 78.0 Å². The van der Waals surface area contributed by atoms with Crippen molar-refractivity contribution < 1.29 is 19.0 Å². The van der Waals surface area contributed by atoms with E-state index in [1.54, 1.807) is 6.07 Å². The summed E-state index contributed by atoms with van der Waals surface area (Å²) in [5.74, 6) is 3.06. The number of esters is 1. The van der Waals surface area contributed by atoms with Crippen LogP contribution < -0.4 is 9.64 Å². The first-order valence-electron chi connectivity index (χ1n) is 14.4. The molecular formula is C30H39N5O4. The molecule has 1 saturated carbocycles. The number of benzene rings is 1. The Morgan fingerprint density at radius 1 is 1.03 bits per heavy atom. The van der Waals surface area contributed by atoms with Crippen molar-refractivity contribution in [3.05, 3.63) is 47.8 Å². The van der Waals surface area contributed by atoms with Crippen LogP contribution in [0, 0.1) is 5.92 Å². The molecule has 1 aromatic carbocycles. The summed E-state index contributed by atoms with van der Waals surface area (Å²) in [5.41, 5.74) is 2.39. The van der Waals surface area contributed by atoms with Crippen molar-refractivity contribution in [1.29, 1.82) is 0 Å². The zero-order valence-electron chi connectivity index (χ0n) is 22.9. The number of methoxy groups -OCH3 is 1. The molecule has 9 nitrogen and oxygen atoms in total. The van der Waals surface area contributed by atoms with Gasteiger partial charge in [0, 0.05) is 38.9 Å². The van der Waals surface area contributed by atoms with Gasteiger partial charge in [0.05, 0.1) is 49.5 Å². The maximum Gasteiger partial charge on any atom is 0.337 e. The van der Waals surface area contributed by atoms with Gasteiger partial charge in [-0.15, -0.1) is 0 Å². The summed E-state index contributed by atoms with van der Waals surface area (Å²) in [6.45, 7) is 6.72. The van der Waals surface area contributed by atoms with Crippen LogP contribution in [0.1, 0.15) is 54.7 Å². The van der Waals surface area contributed by atoms with E-state index in [1.807, 2.05) is 18.2 Å². The topological polar surface area (TPSA) is 82.0 Å². The van der Waals surface area contributed by atoms with Gasteiger partial charge in [0.15, 0.2) is 0 Å². The zero-order chi connectivity index (χ0) is 26.6. The van der Waals surface area contributed by atoms with Crippen molar-refractivity contribution in [2.45, 2.75) is 57.7 Å². The van der Waals surface area contributed by atoms with Gasteiger partial charge in [-0.05, 0) is 49.4 Å². The second-order valence-electron chi connectivity index (χ2n) is 11.0. The number of anilines is 1. The lowest BCUT2D eigenvalue weighted by molar-refractivity contribution is -0.0592. The van der Waals surface area contributed by atoms with E-state index in [1.165, 1.54) is 39.2 Å². The smallest absolute Gasteiger partial charge is 0.337 e. The number of hydrogen-bond donors (Lipinski definition) is 0. The Kier molecular flexibility index (Phi) is 7.97. The first-order valence-corrected chi connectivity index (χ1v) is 14.4. The maximum atomic E-state index is 12.2. The number of aromatic nitrogens is 3. The quantitative estimate of drug-likeness (QED) is 0.377. The number of nitrogens with zero attached hydrogens (tertiary/aromatic N) is 5. The number of carbonyl (C=O) groups is 1. The molecule has 0 amide bonds. The molecule has 0 spiro atoms. The van der Waals surface area contributed by atoms with Gasteiger partial charge in [-0.2, -0.15) is 4.98 Å². The van der Waals surface area contributed by atoms with E-state index in [-0.39, 0.29) is 12.1 Å². The molecule has 1 aliphatic carbocycles. The molecule has 2 aromatic heterocycles. The van der Waals surface area contributed by atoms with Crippen molar-refractivity contribution >= 4 is 22.8 Å². The largest absolute Gasteiger partial charge is 0.477 e. The second-order valence-corrected chi connectivity index (χ2v) is 11.0. The molecule has 3 fully saturated rings. The lowest BCUT2D eigenvalue weighted by atomic mass is 9.90. The van der Waals surface area contributed by atoms with Crippen LogP contribution in [0.15, 0.2) is 36.4 Å². The Hall–Kier alpha value is -3.17. The summed E-state index contributed by atoms with van der Waals surface area (Å²) in [7, 11) is 1.41. The molecule has 0 unspecified atom stereocenters. The van der Waals surface area contributed by atoms with Gasteiger partial charge in [0.1, 0.15) is 11.6 Å². The summed E-state index contributed by atoms with van der Waals surface area (Å²) in [5, 5.41) is 0. The summed E-state index contributed by atoms with van der Waals surface area (Å²) in [6.07, 6.45) is 7.80. The molecule has 0 bridgehead atoms. The Labute approximate surface area is 230 Å². The van der Waals surface area contributed by atoms with Crippen LogP contribution in [0.25, 0.3) is 11.0 Å². The Morgan fingerprint density at radius 2 is 1.85 bits per heavy atom. The number of ether oxygens (including phenoxy) is 3. The minimum Gasteiger partial charge on any atom is -0.477 e. The molecule has 39 heavy (non-hydrogen) atoms. The fraction of sp³-hybridized carbons (Fsp3) is 0.567. The minimum absolute atomic E-state index is 0.193. The van der Waals surface area contributed by atoms with E-state index in [2.05, 4.69) is 26.5 Å². The van der Waals surface area contributed by atoms with Crippen LogP contribution in [0.4, 0.5) is 5.82 Å². The minimum atomic E-state index is -0.334. The number of pyridine rings is 1.